The van der Waals surface area contributed by atoms with Crippen LogP contribution in [0.5, 0.6) is 11.5 Å². The molecule has 0 aromatic heterocycles. The van der Waals surface area contributed by atoms with Crippen LogP contribution in [0.4, 0.5) is 0 Å². The second-order valence-electron chi connectivity index (χ2n) is 4.37. The molecule has 0 bridgehead atoms. The van der Waals surface area contributed by atoms with Gasteiger partial charge in [0, 0.05) is 23.3 Å². The van der Waals surface area contributed by atoms with Gasteiger partial charge in [-0.3, -0.25) is 4.79 Å². The van der Waals surface area contributed by atoms with Crippen molar-refractivity contribution < 1.29 is 19.1 Å². The fraction of sp³-hybridized carbons (Fsp3) is 0.125. The quantitative estimate of drug-likeness (QED) is 0.488. The first kappa shape index (κ1) is 13.8. The lowest BCUT2D eigenvalue weighted by Crippen LogP contribution is -2.09. The molecule has 0 aliphatic heterocycles. The fourth-order valence-corrected chi connectivity index (χ4v) is 1.76. The molecule has 0 heterocycles. The van der Waals surface area contributed by atoms with Gasteiger partial charge in [-0.15, -0.1) is 0 Å². The number of carbonyl (C=O) groups excluding carboxylic acids is 2. The predicted octanol–water partition coefficient (Wildman–Crippen LogP) is 3.25. The fourth-order valence-electron chi connectivity index (χ4n) is 1.76. The molecule has 20 heavy (non-hydrogen) atoms. The summed E-state index contributed by atoms with van der Waals surface area (Å²) in [5, 5.41) is 1.40. The molecule has 102 valence electrons. The first-order chi connectivity index (χ1) is 9.49. The Kier molecular flexibility index (Phi) is 3.84. The third-order valence-corrected chi connectivity index (χ3v) is 2.65. The zero-order valence-electron chi connectivity index (χ0n) is 11.3. The van der Waals surface area contributed by atoms with E-state index in [2.05, 4.69) is 6.58 Å². The Balaban J connectivity index is 2.51. The average Bonchev–Trinajstić information content (AvgIpc) is 2.41. The SMILES string of the molecule is C=C(C)C(=O)Oc1ccc(OC(C)=O)c2ccccc12. The Labute approximate surface area is 116 Å². The van der Waals surface area contributed by atoms with Gasteiger partial charge in [-0.05, 0) is 19.1 Å². The van der Waals surface area contributed by atoms with Crippen molar-refractivity contribution in [1.29, 1.82) is 0 Å². The van der Waals surface area contributed by atoms with E-state index in [0.717, 1.165) is 0 Å². The summed E-state index contributed by atoms with van der Waals surface area (Å²) in [6.45, 7) is 6.46. The largest absolute Gasteiger partial charge is 0.426 e. The van der Waals surface area contributed by atoms with Gasteiger partial charge in [0.25, 0.3) is 0 Å². The van der Waals surface area contributed by atoms with E-state index in [1.54, 1.807) is 31.2 Å². The molecule has 4 heteroatoms. The molecule has 0 radical (unpaired) electrons. The van der Waals surface area contributed by atoms with Crippen molar-refractivity contribution in [1.82, 2.24) is 0 Å². The predicted molar refractivity (Wildman–Crippen MR) is 75.7 cm³/mol. The minimum Gasteiger partial charge on any atom is -0.426 e. The topological polar surface area (TPSA) is 52.6 Å². The van der Waals surface area contributed by atoms with Crippen molar-refractivity contribution in [3.63, 3.8) is 0 Å². The third kappa shape index (κ3) is 2.85. The molecule has 0 aliphatic carbocycles. The van der Waals surface area contributed by atoms with Crippen LogP contribution in [-0.2, 0) is 9.59 Å². The minimum atomic E-state index is -0.490. The number of hydrogen-bond donors (Lipinski definition) is 0. The lowest BCUT2D eigenvalue weighted by Gasteiger charge is -2.11. The van der Waals surface area contributed by atoms with Crippen molar-refractivity contribution in [2.24, 2.45) is 0 Å². The van der Waals surface area contributed by atoms with Crippen molar-refractivity contribution >= 4 is 22.7 Å². The van der Waals surface area contributed by atoms with Gasteiger partial charge in [0.15, 0.2) is 0 Å². The molecule has 0 amide bonds. The maximum Gasteiger partial charge on any atom is 0.338 e. The Morgan fingerprint density at radius 3 is 1.85 bits per heavy atom. The molecule has 2 rings (SSSR count). The van der Waals surface area contributed by atoms with E-state index in [0.29, 0.717) is 27.8 Å². The monoisotopic (exact) mass is 270 g/mol. The van der Waals surface area contributed by atoms with Gasteiger partial charge < -0.3 is 9.47 Å². The van der Waals surface area contributed by atoms with Gasteiger partial charge >= 0.3 is 11.9 Å². The van der Waals surface area contributed by atoms with Gasteiger partial charge in [0.05, 0.1) is 0 Å². The molecule has 0 saturated carbocycles. The third-order valence-electron chi connectivity index (χ3n) is 2.65. The van der Waals surface area contributed by atoms with Crippen LogP contribution in [0.25, 0.3) is 10.8 Å². The molecule has 4 nitrogen and oxygen atoms in total. The van der Waals surface area contributed by atoms with Crippen LogP contribution in [-0.4, -0.2) is 11.9 Å². The molecule has 2 aromatic carbocycles. The smallest absolute Gasteiger partial charge is 0.338 e. The van der Waals surface area contributed by atoms with Crippen LogP contribution in [0, 0.1) is 0 Å². The van der Waals surface area contributed by atoms with E-state index in [1.165, 1.54) is 6.92 Å². The van der Waals surface area contributed by atoms with Gasteiger partial charge in [-0.1, -0.05) is 30.8 Å². The van der Waals surface area contributed by atoms with Crippen molar-refractivity contribution in [2.75, 3.05) is 0 Å². The summed E-state index contributed by atoms with van der Waals surface area (Å²) < 4.78 is 10.4. The van der Waals surface area contributed by atoms with Gasteiger partial charge in [0.2, 0.25) is 0 Å². The molecular weight excluding hydrogens is 256 g/mol. The summed E-state index contributed by atoms with van der Waals surface area (Å²) >= 11 is 0. The molecule has 0 N–H and O–H groups in total. The van der Waals surface area contributed by atoms with E-state index in [-0.39, 0.29) is 0 Å². The number of esters is 2. The highest BCUT2D eigenvalue weighted by molar-refractivity contribution is 5.97. The van der Waals surface area contributed by atoms with Crippen LogP contribution < -0.4 is 9.47 Å². The number of carbonyl (C=O) groups is 2. The Morgan fingerprint density at radius 2 is 1.40 bits per heavy atom. The summed E-state index contributed by atoms with van der Waals surface area (Å²) in [4.78, 5) is 22.7. The average molecular weight is 270 g/mol. The first-order valence-electron chi connectivity index (χ1n) is 6.07. The molecule has 0 fully saturated rings. The minimum absolute atomic E-state index is 0.318. The van der Waals surface area contributed by atoms with Crippen LogP contribution >= 0.6 is 0 Å². The van der Waals surface area contributed by atoms with Crippen LogP contribution in [0.2, 0.25) is 0 Å². The maximum absolute atomic E-state index is 11.6. The summed E-state index contributed by atoms with van der Waals surface area (Å²) in [5.74, 6) is -0.0510. The number of hydrogen-bond acceptors (Lipinski definition) is 4. The zero-order valence-corrected chi connectivity index (χ0v) is 11.3. The van der Waals surface area contributed by atoms with E-state index >= 15 is 0 Å². The summed E-state index contributed by atoms with van der Waals surface area (Å²) in [6, 6.07) is 10.4. The lowest BCUT2D eigenvalue weighted by molar-refractivity contribution is -0.132. The highest BCUT2D eigenvalue weighted by Gasteiger charge is 2.12. The Bertz CT molecular complexity index is 701. The summed E-state index contributed by atoms with van der Waals surface area (Å²) in [7, 11) is 0. The number of ether oxygens (including phenoxy) is 2. The van der Waals surface area contributed by atoms with Crippen LogP contribution in [0.3, 0.4) is 0 Å². The maximum atomic E-state index is 11.6. The molecule has 0 aliphatic rings. The van der Waals surface area contributed by atoms with E-state index in [1.807, 2.05) is 12.1 Å². The van der Waals surface area contributed by atoms with Crippen molar-refractivity contribution in [3.8, 4) is 11.5 Å². The van der Waals surface area contributed by atoms with Crippen molar-refractivity contribution in [2.45, 2.75) is 13.8 Å². The van der Waals surface area contributed by atoms with Gasteiger partial charge in [-0.2, -0.15) is 0 Å². The standard InChI is InChI=1S/C16H14O4/c1-10(2)16(18)20-15-9-8-14(19-11(3)17)12-6-4-5-7-13(12)15/h4-9H,1H2,2-3H3. The molecule has 0 unspecified atom stereocenters. The molecule has 0 saturated heterocycles. The van der Waals surface area contributed by atoms with E-state index in [4.69, 9.17) is 9.47 Å². The number of benzene rings is 2. The Hall–Kier alpha value is -2.62. The normalized spacial score (nSPS) is 10.1. The van der Waals surface area contributed by atoms with Crippen molar-refractivity contribution in [3.05, 3.63) is 48.6 Å². The van der Waals surface area contributed by atoms with E-state index in [9.17, 15) is 9.59 Å². The second-order valence-corrected chi connectivity index (χ2v) is 4.37. The first-order valence-corrected chi connectivity index (χ1v) is 6.07. The van der Waals surface area contributed by atoms with Crippen LogP contribution in [0.1, 0.15) is 13.8 Å². The second kappa shape index (κ2) is 5.57. The van der Waals surface area contributed by atoms with Gasteiger partial charge in [0.1, 0.15) is 11.5 Å². The highest BCUT2D eigenvalue weighted by atomic mass is 16.5. The molecular formula is C16H14O4. The highest BCUT2D eigenvalue weighted by Crippen LogP contribution is 2.33. The molecule has 2 aromatic rings. The summed E-state index contributed by atoms with van der Waals surface area (Å²) in [6.07, 6.45) is 0. The zero-order chi connectivity index (χ0) is 14.7. The summed E-state index contributed by atoms with van der Waals surface area (Å²) in [5.41, 5.74) is 0.318. The molecule has 0 atom stereocenters. The number of rotatable bonds is 3. The Morgan fingerprint density at radius 1 is 0.900 bits per heavy atom. The number of fused-ring (bicyclic) bond motifs is 1. The lowest BCUT2D eigenvalue weighted by atomic mass is 10.1. The van der Waals surface area contributed by atoms with E-state index < -0.39 is 11.9 Å². The van der Waals surface area contributed by atoms with Gasteiger partial charge in [-0.25, -0.2) is 4.79 Å². The molecule has 0 spiro atoms. The van der Waals surface area contributed by atoms with Crippen LogP contribution in [0.15, 0.2) is 48.6 Å².